The Bertz CT molecular complexity index is 804. The second-order valence-electron chi connectivity index (χ2n) is 6.68. The van der Waals surface area contributed by atoms with E-state index in [9.17, 15) is 4.79 Å². The van der Waals surface area contributed by atoms with Gasteiger partial charge in [0.15, 0.2) is 11.5 Å². The van der Waals surface area contributed by atoms with Crippen LogP contribution in [0.3, 0.4) is 0 Å². The number of benzene rings is 1. The Balaban J connectivity index is 1.68. The summed E-state index contributed by atoms with van der Waals surface area (Å²) in [6.07, 6.45) is 4.43. The Morgan fingerprint density at radius 1 is 1.11 bits per heavy atom. The van der Waals surface area contributed by atoms with Crippen LogP contribution >= 0.6 is 0 Å². The molecule has 0 spiro atoms. The highest BCUT2D eigenvalue weighted by Crippen LogP contribution is 2.27. The van der Waals surface area contributed by atoms with E-state index in [0.717, 1.165) is 18.4 Å². The molecule has 0 saturated heterocycles. The van der Waals surface area contributed by atoms with Crippen LogP contribution in [-0.4, -0.2) is 36.1 Å². The standard InChI is InChI=1S/C20H26N4O3/c1-13-22-16(20(25)24-15-6-4-5-7-15)11-19(23-13)21-12-14-8-9-17(26-2)18(10-14)27-3/h8-11,15H,4-7,12H2,1-3H3,(H,24,25)(H,21,22,23). The minimum absolute atomic E-state index is 0.137. The van der Waals surface area contributed by atoms with E-state index >= 15 is 0 Å². The van der Waals surface area contributed by atoms with Gasteiger partial charge in [-0.15, -0.1) is 0 Å². The number of anilines is 1. The first-order chi connectivity index (χ1) is 13.1. The molecule has 0 bridgehead atoms. The van der Waals surface area contributed by atoms with E-state index in [-0.39, 0.29) is 11.9 Å². The van der Waals surface area contributed by atoms with Gasteiger partial charge in [-0.05, 0) is 37.5 Å². The van der Waals surface area contributed by atoms with Crippen LogP contribution in [-0.2, 0) is 6.54 Å². The van der Waals surface area contributed by atoms with Gasteiger partial charge < -0.3 is 20.1 Å². The molecule has 27 heavy (non-hydrogen) atoms. The van der Waals surface area contributed by atoms with Crippen LogP contribution in [0, 0.1) is 6.92 Å². The molecule has 0 atom stereocenters. The molecule has 1 aromatic carbocycles. The number of aryl methyl sites for hydroxylation is 1. The SMILES string of the molecule is COc1ccc(CNc2cc(C(=O)NC3CCCC3)nc(C)n2)cc1OC. The molecule has 0 unspecified atom stereocenters. The number of methoxy groups -OCH3 is 2. The summed E-state index contributed by atoms with van der Waals surface area (Å²) in [5.74, 6) is 2.40. The van der Waals surface area contributed by atoms with Crippen LogP contribution in [0.2, 0.25) is 0 Å². The fourth-order valence-corrected chi connectivity index (χ4v) is 3.29. The molecular formula is C20H26N4O3. The van der Waals surface area contributed by atoms with Gasteiger partial charge in [-0.3, -0.25) is 4.79 Å². The van der Waals surface area contributed by atoms with Gasteiger partial charge in [-0.2, -0.15) is 0 Å². The minimum atomic E-state index is -0.137. The molecule has 1 fully saturated rings. The molecule has 1 saturated carbocycles. The predicted octanol–water partition coefficient (Wildman–Crippen LogP) is 3.09. The van der Waals surface area contributed by atoms with Gasteiger partial charge in [0, 0.05) is 18.7 Å². The van der Waals surface area contributed by atoms with Gasteiger partial charge in [0.05, 0.1) is 14.2 Å². The first kappa shape index (κ1) is 18.9. The third-order valence-corrected chi connectivity index (χ3v) is 4.68. The van der Waals surface area contributed by atoms with Crippen LogP contribution < -0.4 is 20.1 Å². The molecule has 7 nitrogen and oxygen atoms in total. The normalized spacial score (nSPS) is 14.0. The summed E-state index contributed by atoms with van der Waals surface area (Å²) in [6, 6.07) is 7.68. The lowest BCUT2D eigenvalue weighted by Crippen LogP contribution is -2.33. The molecule has 3 rings (SSSR count). The molecule has 0 aliphatic heterocycles. The summed E-state index contributed by atoms with van der Waals surface area (Å²) in [4.78, 5) is 21.1. The van der Waals surface area contributed by atoms with Gasteiger partial charge >= 0.3 is 0 Å². The van der Waals surface area contributed by atoms with E-state index in [2.05, 4.69) is 20.6 Å². The molecule has 144 valence electrons. The molecule has 2 N–H and O–H groups in total. The highest BCUT2D eigenvalue weighted by atomic mass is 16.5. The Kier molecular flexibility index (Phi) is 6.11. The van der Waals surface area contributed by atoms with Crippen molar-refractivity contribution in [2.24, 2.45) is 0 Å². The van der Waals surface area contributed by atoms with Crippen molar-refractivity contribution in [3.8, 4) is 11.5 Å². The van der Waals surface area contributed by atoms with E-state index in [0.29, 0.717) is 35.4 Å². The van der Waals surface area contributed by atoms with Crippen molar-refractivity contribution in [2.45, 2.75) is 45.2 Å². The van der Waals surface area contributed by atoms with Gasteiger partial charge in [0.1, 0.15) is 17.3 Å². The Morgan fingerprint density at radius 3 is 2.56 bits per heavy atom. The molecule has 7 heteroatoms. The van der Waals surface area contributed by atoms with E-state index in [1.165, 1.54) is 12.8 Å². The van der Waals surface area contributed by atoms with Gasteiger partial charge in [-0.25, -0.2) is 9.97 Å². The first-order valence-electron chi connectivity index (χ1n) is 9.20. The minimum Gasteiger partial charge on any atom is -0.493 e. The van der Waals surface area contributed by atoms with E-state index < -0.39 is 0 Å². The zero-order chi connectivity index (χ0) is 19.2. The van der Waals surface area contributed by atoms with Gasteiger partial charge in [-0.1, -0.05) is 18.9 Å². The van der Waals surface area contributed by atoms with Crippen LogP contribution in [0.15, 0.2) is 24.3 Å². The lowest BCUT2D eigenvalue weighted by atomic mass is 10.2. The number of hydrogen-bond acceptors (Lipinski definition) is 6. The molecular weight excluding hydrogens is 344 g/mol. The number of aromatic nitrogens is 2. The molecule has 1 aliphatic carbocycles. The average Bonchev–Trinajstić information content (AvgIpc) is 3.18. The van der Waals surface area contributed by atoms with Crippen molar-refractivity contribution in [3.63, 3.8) is 0 Å². The maximum Gasteiger partial charge on any atom is 0.270 e. The zero-order valence-electron chi connectivity index (χ0n) is 16.0. The van der Waals surface area contributed by atoms with Gasteiger partial charge in [0.2, 0.25) is 0 Å². The monoisotopic (exact) mass is 370 g/mol. The van der Waals surface area contributed by atoms with Crippen molar-refractivity contribution < 1.29 is 14.3 Å². The van der Waals surface area contributed by atoms with Crippen LogP contribution in [0.1, 0.15) is 47.6 Å². The van der Waals surface area contributed by atoms with E-state index in [1.54, 1.807) is 27.2 Å². The van der Waals surface area contributed by atoms with Crippen molar-refractivity contribution >= 4 is 11.7 Å². The molecule has 1 aromatic heterocycles. The van der Waals surface area contributed by atoms with E-state index in [1.807, 2.05) is 18.2 Å². The first-order valence-corrected chi connectivity index (χ1v) is 9.20. The quantitative estimate of drug-likeness (QED) is 0.779. The van der Waals surface area contributed by atoms with E-state index in [4.69, 9.17) is 9.47 Å². The number of ether oxygens (including phenoxy) is 2. The number of carbonyl (C=O) groups is 1. The maximum absolute atomic E-state index is 12.5. The Morgan fingerprint density at radius 2 is 1.85 bits per heavy atom. The topological polar surface area (TPSA) is 85.4 Å². The summed E-state index contributed by atoms with van der Waals surface area (Å²) in [6.45, 7) is 2.33. The van der Waals surface area contributed by atoms with Crippen molar-refractivity contribution in [2.75, 3.05) is 19.5 Å². The number of amides is 1. The third kappa shape index (κ3) is 4.87. The second kappa shape index (κ2) is 8.70. The van der Waals surface area contributed by atoms with Crippen LogP contribution in [0.25, 0.3) is 0 Å². The molecule has 1 aliphatic rings. The van der Waals surface area contributed by atoms with Gasteiger partial charge in [0.25, 0.3) is 5.91 Å². The number of rotatable bonds is 7. The number of nitrogens with zero attached hydrogens (tertiary/aromatic N) is 2. The van der Waals surface area contributed by atoms with Crippen molar-refractivity contribution in [1.29, 1.82) is 0 Å². The lowest BCUT2D eigenvalue weighted by molar-refractivity contribution is 0.0932. The van der Waals surface area contributed by atoms with Crippen molar-refractivity contribution in [3.05, 3.63) is 41.3 Å². The summed E-state index contributed by atoms with van der Waals surface area (Å²) < 4.78 is 10.6. The summed E-state index contributed by atoms with van der Waals surface area (Å²) >= 11 is 0. The maximum atomic E-state index is 12.5. The number of hydrogen-bond donors (Lipinski definition) is 2. The fraction of sp³-hybridized carbons (Fsp3) is 0.450. The molecule has 1 amide bonds. The number of carbonyl (C=O) groups excluding carboxylic acids is 1. The third-order valence-electron chi connectivity index (χ3n) is 4.68. The van der Waals surface area contributed by atoms with Crippen molar-refractivity contribution in [1.82, 2.24) is 15.3 Å². The van der Waals surface area contributed by atoms with Crippen LogP contribution in [0.5, 0.6) is 11.5 Å². The zero-order valence-corrected chi connectivity index (χ0v) is 16.0. The molecule has 2 aromatic rings. The summed E-state index contributed by atoms with van der Waals surface area (Å²) in [5, 5.41) is 6.32. The largest absolute Gasteiger partial charge is 0.493 e. The van der Waals surface area contributed by atoms with Crippen LogP contribution in [0.4, 0.5) is 5.82 Å². The molecule has 1 heterocycles. The Hall–Kier alpha value is -2.83. The highest BCUT2D eigenvalue weighted by molar-refractivity contribution is 5.93. The second-order valence-corrected chi connectivity index (χ2v) is 6.68. The average molecular weight is 370 g/mol. The predicted molar refractivity (Wildman–Crippen MR) is 103 cm³/mol. The molecule has 0 radical (unpaired) electrons. The summed E-state index contributed by atoms with van der Waals surface area (Å²) in [7, 11) is 3.22. The lowest BCUT2D eigenvalue weighted by Gasteiger charge is -2.13. The number of nitrogens with one attached hydrogen (secondary N) is 2. The summed E-state index contributed by atoms with van der Waals surface area (Å²) in [5.41, 5.74) is 1.41. The Labute approximate surface area is 159 Å². The smallest absolute Gasteiger partial charge is 0.270 e. The fourth-order valence-electron chi connectivity index (χ4n) is 3.29. The highest BCUT2D eigenvalue weighted by Gasteiger charge is 2.19.